The molecule has 26 heavy (non-hydrogen) atoms. The molecule has 2 heterocycles. The Morgan fingerprint density at radius 1 is 1.04 bits per heavy atom. The first-order chi connectivity index (χ1) is 12.8. The van der Waals surface area contributed by atoms with Crippen LogP contribution in [0.2, 0.25) is 5.02 Å². The van der Waals surface area contributed by atoms with Gasteiger partial charge in [-0.15, -0.1) is 0 Å². The van der Waals surface area contributed by atoms with Crippen LogP contribution < -0.4 is 4.74 Å². The molecule has 3 aromatic rings. The van der Waals surface area contributed by atoms with Crippen molar-refractivity contribution in [3.63, 3.8) is 0 Å². The summed E-state index contributed by atoms with van der Waals surface area (Å²) in [5, 5.41) is 0.787. The minimum Gasteiger partial charge on any atom is -0.496 e. The average molecular weight is 367 g/mol. The second kappa shape index (κ2) is 7.56. The van der Waals surface area contributed by atoms with Gasteiger partial charge in [-0.2, -0.15) is 0 Å². The molecule has 4 heteroatoms. The molecule has 0 bridgehead atoms. The summed E-state index contributed by atoms with van der Waals surface area (Å²) < 4.78 is 8.06. The number of ether oxygens (including phenoxy) is 1. The van der Waals surface area contributed by atoms with E-state index in [-0.39, 0.29) is 6.04 Å². The van der Waals surface area contributed by atoms with Crippen molar-refractivity contribution in [3.05, 3.63) is 88.7 Å². The van der Waals surface area contributed by atoms with Crippen LogP contribution in [-0.2, 0) is 13.1 Å². The first kappa shape index (κ1) is 17.2. The highest BCUT2D eigenvalue weighted by molar-refractivity contribution is 6.30. The van der Waals surface area contributed by atoms with Gasteiger partial charge in [-0.3, -0.25) is 4.90 Å². The molecule has 1 unspecified atom stereocenters. The lowest BCUT2D eigenvalue weighted by Gasteiger charge is -2.31. The third kappa shape index (κ3) is 3.37. The summed E-state index contributed by atoms with van der Waals surface area (Å²) in [4.78, 5) is 2.53. The van der Waals surface area contributed by atoms with E-state index in [1.54, 1.807) is 7.11 Å². The van der Waals surface area contributed by atoms with Crippen molar-refractivity contribution in [2.45, 2.75) is 25.6 Å². The number of para-hydroxylation sites is 1. The van der Waals surface area contributed by atoms with Crippen LogP contribution in [0, 0.1) is 0 Å². The van der Waals surface area contributed by atoms with Gasteiger partial charge >= 0.3 is 0 Å². The second-order valence-electron chi connectivity index (χ2n) is 6.72. The molecule has 134 valence electrons. The van der Waals surface area contributed by atoms with Crippen LogP contribution in [-0.4, -0.2) is 23.1 Å². The van der Waals surface area contributed by atoms with Crippen molar-refractivity contribution in [2.24, 2.45) is 0 Å². The Hall–Kier alpha value is -2.23. The van der Waals surface area contributed by atoms with Crippen molar-refractivity contribution in [3.8, 4) is 5.75 Å². The summed E-state index contributed by atoms with van der Waals surface area (Å²) in [5.74, 6) is 0.934. The Morgan fingerprint density at radius 3 is 2.77 bits per heavy atom. The van der Waals surface area contributed by atoms with E-state index < -0.39 is 0 Å². The van der Waals surface area contributed by atoms with Gasteiger partial charge in [0.2, 0.25) is 0 Å². The summed E-state index contributed by atoms with van der Waals surface area (Å²) in [6, 6.07) is 21.0. The number of halogens is 1. The van der Waals surface area contributed by atoms with Gasteiger partial charge in [0.05, 0.1) is 13.2 Å². The molecule has 0 fully saturated rings. The molecule has 4 rings (SSSR count). The molecular weight excluding hydrogens is 344 g/mol. The Labute approximate surface area is 159 Å². The second-order valence-corrected chi connectivity index (χ2v) is 7.16. The van der Waals surface area contributed by atoms with E-state index in [9.17, 15) is 0 Å². The van der Waals surface area contributed by atoms with E-state index in [1.807, 2.05) is 24.3 Å². The fourth-order valence-corrected chi connectivity index (χ4v) is 4.14. The third-order valence-corrected chi connectivity index (χ3v) is 5.30. The van der Waals surface area contributed by atoms with Gasteiger partial charge in [-0.25, -0.2) is 0 Å². The van der Waals surface area contributed by atoms with Crippen molar-refractivity contribution in [1.82, 2.24) is 9.47 Å². The van der Waals surface area contributed by atoms with Crippen molar-refractivity contribution in [2.75, 3.05) is 13.7 Å². The number of methoxy groups -OCH3 is 1. The Balaban J connectivity index is 1.78. The molecule has 2 aromatic carbocycles. The van der Waals surface area contributed by atoms with Crippen LogP contribution in [0.25, 0.3) is 0 Å². The van der Waals surface area contributed by atoms with Crippen LogP contribution in [0.4, 0.5) is 0 Å². The lowest BCUT2D eigenvalue weighted by molar-refractivity contribution is 0.216. The van der Waals surface area contributed by atoms with Gasteiger partial charge in [0.25, 0.3) is 0 Å². The first-order valence-electron chi connectivity index (χ1n) is 9.03. The zero-order valence-electron chi connectivity index (χ0n) is 14.9. The van der Waals surface area contributed by atoms with Gasteiger partial charge in [-0.1, -0.05) is 41.9 Å². The number of hydrogen-bond acceptors (Lipinski definition) is 2. The molecular formula is C22H23ClN2O. The highest BCUT2D eigenvalue weighted by Crippen LogP contribution is 2.37. The topological polar surface area (TPSA) is 17.4 Å². The van der Waals surface area contributed by atoms with E-state index in [2.05, 4.69) is 52.1 Å². The molecule has 0 amide bonds. The smallest absolute Gasteiger partial charge is 0.124 e. The molecule has 1 atom stereocenters. The normalized spacial score (nSPS) is 17.5. The highest BCUT2D eigenvalue weighted by Gasteiger charge is 2.29. The van der Waals surface area contributed by atoms with Gasteiger partial charge in [0.1, 0.15) is 5.75 Å². The van der Waals surface area contributed by atoms with E-state index in [0.29, 0.717) is 0 Å². The average Bonchev–Trinajstić information content (AvgIpc) is 3.04. The van der Waals surface area contributed by atoms with Crippen LogP contribution >= 0.6 is 11.6 Å². The van der Waals surface area contributed by atoms with E-state index in [1.165, 1.54) is 16.8 Å². The lowest BCUT2D eigenvalue weighted by atomic mass is 10.00. The van der Waals surface area contributed by atoms with E-state index in [0.717, 1.165) is 36.8 Å². The molecule has 0 radical (unpaired) electrons. The number of fused-ring (bicyclic) bond motifs is 1. The molecule has 1 aromatic heterocycles. The zero-order valence-corrected chi connectivity index (χ0v) is 15.7. The highest BCUT2D eigenvalue weighted by atomic mass is 35.5. The number of hydrogen-bond donors (Lipinski definition) is 0. The molecule has 0 saturated carbocycles. The maximum absolute atomic E-state index is 6.22. The molecule has 0 aliphatic carbocycles. The number of aromatic nitrogens is 1. The minimum atomic E-state index is 0.155. The van der Waals surface area contributed by atoms with E-state index >= 15 is 0 Å². The standard InChI is InChI=1S/C22H23ClN2O/c1-26-21-11-3-2-9-19(21)22-20-10-5-12-24(20)13-6-14-25(22)16-17-7-4-8-18(23)15-17/h2-5,7-12,15,22H,6,13-14,16H2,1H3. The Kier molecular flexibility index (Phi) is 5.00. The van der Waals surface area contributed by atoms with E-state index in [4.69, 9.17) is 16.3 Å². The summed E-state index contributed by atoms with van der Waals surface area (Å²) in [7, 11) is 1.75. The number of nitrogens with zero attached hydrogens (tertiary/aromatic N) is 2. The van der Waals surface area contributed by atoms with Gasteiger partial charge in [-0.05, 0) is 42.3 Å². The molecule has 1 aliphatic rings. The minimum absolute atomic E-state index is 0.155. The van der Waals surface area contributed by atoms with Crippen LogP contribution in [0.5, 0.6) is 5.75 Å². The number of benzene rings is 2. The number of rotatable bonds is 4. The predicted octanol–water partition coefficient (Wildman–Crippen LogP) is 5.15. The summed E-state index contributed by atoms with van der Waals surface area (Å²) in [6.07, 6.45) is 3.30. The summed E-state index contributed by atoms with van der Waals surface area (Å²) in [5.41, 5.74) is 3.75. The third-order valence-electron chi connectivity index (χ3n) is 5.06. The van der Waals surface area contributed by atoms with Gasteiger partial charge in [0.15, 0.2) is 0 Å². The molecule has 0 saturated heterocycles. The Morgan fingerprint density at radius 2 is 1.92 bits per heavy atom. The summed E-state index contributed by atoms with van der Waals surface area (Å²) >= 11 is 6.22. The maximum atomic E-state index is 6.22. The molecule has 3 nitrogen and oxygen atoms in total. The van der Waals surface area contributed by atoms with Crippen molar-refractivity contribution < 1.29 is 4.74 Å². The molecule has 0 spiro atoms. The van der Waals surface area contributed by atoms with Crippen LogP contribution in [0.1, 0.15) is 29.3 Å². The first-order valence-corrected chi connectivity index (χ1v) is 9.40. The SMILES string of the molecule is COc1ccccc1C1c2cccn2CCCN1Cc1cccc(Cl)c1. The predicted molar refractivity (Wildman–Crippen MR) is 106 cm³/mol. The monoisotopic (exact) mass is 366 g/mol. The van der Waals surface area contributed by atoms with Crippen LogP contribution in [0.3, 0.4) is 0 Å². The Bertz CT molecular complexity index is 889. The largest absolute Gasteiger partial charge is 0.496 e. The fourth-order valence-electron chi connectivity index (χ4n) is 3.93. The van der Waals surface area contributed by atoms with Gasteiger partial charge in [0, 0.05) is 42.1 Å². The van der Waals surface area contributed by atoms with Crippen LogP contribution in [0.15, 0.2) is 66.9 Å². The maximum Gasteiger partial charge on any atom is 0.124 e. The van der Waals surface area contributed by atoms with Crippen molar-refractivity contribution >= 4 is 11.6 Å². The summed E-state index contributed by atoms with van der Waals surface area (Å²) in [6.45, 7) is 2.92. The van der Waals surface area contributed by atoms with Gasteiger partial charge < -0.3 is 9.30 Å². The fraction of sp³-hybridized carbons (Fsp3) is 0.273. The molecule has 1 aliphatic heterocycles. The number of aryl methyl sites for hydroxylation is 1. The zero-order chi connectivity index (χ0) is 17.9. The molecule has 0 N–H and O–H groups in total. The van der Waals surface area contributed by atoms with Crippen molar-refractivity contribution in [1.29, 1.82) is 0 Å². The quantitative estimate of drug-likeness (QED) is 0.635. The lowest BCUT2D eigenvalue weighted by Crippen LogP contribution is -2.29.